The number of carboxylic acids is 1. The van der Waals surface area contributed by atoms with Crippen molar-refractivity contribution in [3.8, 4) is 5.75 Å². The molecule has 0 spiro atoms. The number of hydrogen-bond donors (Lipinski definition) is 1. The molecule has 1 aromatic heterocycles. The Morgan fingerprint density at radius 3 is 2.68 bits per heavy atom. The van der Waals surface area contributed by atoms with Crippen molar-refractivity contribution in [1.29, 1.82) is 0 Å². The zero-order valence-corrected chi connectivity index (χ0v) is 15.4. The Morgan fingerprint density at radius 1 is 1.32 bits per heavy atom. The molecule has 146 valence electrons. The molecule has 5 nitrogen and oxygen atoms in total. The number of aromatic nitrogens is 2. The number of benzene rings is 1. The Balaban J connectivity index is 1.52. The number of ether oxygens (including phenoxy) is 1. The van der Waals surface area contributed by atoms with Crippen molar-refractivity contribution in [1.82, 2.24) is 9.78 Å². The Morgan fingerprint density at radius 2 is 2.07 bits per heavy atom. The van der Waals surface area contributed by atoms with E-state index in [1.807, 2.05) is 25.1 Å². The van der Waals surface area contributed by atoms with E-state index in [-0.39, 0.29) is 12.5 Å². The Bertz CT molecular complexity index is 971. The number of aryl methyl sites for hydroxylation is 1. The topological polar surface area (TPSA) is 64.3 Å². The molecule has 0 bridgehead atoms. The summed E-state index contributed by atoms with van der Waals surface area (Å²) in [6.45, 7) is 1.82. The molecule has 2 aliphatic carbocycles. The maximum absolute atomic E-state index is 14.4. The monoisotopic (exact) mass is 386 g/mol. The lowest BCUT2D eigenvalue weighted by molar-refractivity contribution is -0.138. The van der Waals surface area contributed by atoms with Crippen LogP contribution in [0.15, 0.2) is 36.4 Å². The van der Waals surface area contributed by atoms with E-state index in [0.29, 0.717) is 17.7 Å². The molecule has 28 heavy (non-hydrogen) atoms. The van der Waals surface area contributed by atoms with Gasteiger partial charge in [0.05, 0.1) is 17.3 Å². The third kappa shape index (κ3) is 3.56. The first-order valence-corrected chi connectivity index (χ1v) is 9.20. The first-order chi connectivity index (χ1) is 13.4. The first kappa shape index (κ1) is 18.4. The summed E-state index contributed by atoms with van der Waals surface area (Å²) in [6, 6.07) is 4.16. The highest BCUT2D eigenvalue weighted by molar-refractivity contribution is 5.75. The SMILES string of the molecule is Cc1cc(COc2c(F)cc(C3CC3C(=O)O)cc2F)n(C2=CC=CCC2)n1. The van der Waals surface area contributed by atoms with Crippen molar-refractivity contribution in [3.05, 3.63) is 65.0 Å². The highest BCUT2D eigenvalue weighted by Gasteiger charge is 2.44. The predicted octanol–water partition coefficient (Wildman–Crippen LogP) is 4.43. The fourth-order valence-electron chi connectivity index (χ4n) is 3.58. The smallest absolute Gasteiger partial charge is 0.307 e. The Kier molecular flexibility index (Phi) is 4.75. The molecule has 1 fully saturated rings. The molecule has 0 aliphatic heterocycles. The molecular formula is C21H20F2N2O3. The summed E-state index contributed by atoms with van der Waals surface area (Å²) in [6.07, 6.45) is 8.13. The summed E-state index contributed by atoms with van der Waals surface area (Å²) >= 11 is 0. The summed E-state index contributed by atoms with van der Waals surface area (Å²) in [5.74, 6) is -3.96. The van der Waals surface area contributed by atoms with E-state index in [0.717, 1.165) is 24.2 Å². The maximum Gasteiger partial charge on any atom is 0.307 e. The summed E-state index contributed by atoms with van der Waals surface area (Å²) in [4.78, 5) is 11.0. The van der Waals surface area contributed by atoms with Gasteiger partial charge in [-0.3, -0.25) is 4.79 Å². The Labute approximate surface area is 160 Å². The van der Waals surface area contributed by atoms with Crippen molar-refractivity contribution in [2.75, 3.05) is 0 Å². The third-order valence-corrected chi connectivity index (χ3v) is 5.09. The van der Waals surface area contributed by atoms with Crippen LogP contribution in [0.1, 0.15) is 42.1 Å². The fraction of sp³-hybridized carbons (Fsp3) is 0.333. The number of halogens is 2. The van der Waals surface area contributed by atoms with Gasteiger partial charge in [0.25, 0.3) is 0 Å². The number of carboxylic acid groups (broad SMARTS) is 1. The van der Waals surface area contributed by atoms with E-state index in [1.54, 1.807) is 4.68 Å². The van der Waals surface area contributed by atoms with Crippen LogP contribution in [-0.4, -0.2) is 20.9 Å². The van der Waals surface area contributed by atoms with Crippen LogP contribution in [0.3, 0.4) is 0 Å². The van der Waals surface area contributed by atoms with E-state index >= 15 is 0 Å². The van der Waals surface area contributed by atoms with Crippen LogP contribution >= 0.6 is 0 Å². The lowest BCUT2D eigenvalue weighted by Crippen LogP contribution is -2.09. The van der Waals surface area contributed by atoms with Crippen LogP contribution in [0.25, 0.3) is 5.70 Å². The minimum absolute atomic E-state index is 0.0315. The second-order valence-electron chi connectivity index (χ2n) is 7.20. The van der Waals surface area contributed by atoms with E-state index < -0.39 is 29.3 Å². The average molecular weight is 386 g/mol. The number of allylic oxidation sites excluding steroid dienone is 4. The van der Waals surface area contributed by atoms with Crippen LogP contribution in [0.2, 0.25) is 0 Å². The van der Waals surface area contributed by atoms with Crippen molar-refractivity contribution in [3.63, 3.8) is 0 Å². The lowest BCUT2D eigenvalue weighted by atomic mass is 10.1. The molecule has 1 N–H and O–H groups in total. The van der Waals surface area contributed by atoms with Gasteiger partial charge in [0.1, 0.15) is 6.61 Å². The molecule has 0 amide bonds. The standard InChI is InChI=1S/C21H20F2N2O3/c1-12-7-15(25(24-12)14-5-3-2-4-6-14)11-28-20-18(22)8-13(9-19(20)23)16-10-17(16)21(26)27/h2-3,5,7-9,16-17H,4,6,10-11H2,1H3,(H,26,27). The van der Waals surface area contributed by atoms with Gasteiger partial charge in [-0.05, 0) is 61.9 Å². The molecule has 7 heteroatoms. The number of rotatable bonds is 6. The molecule has 2 aliphatic rings. The molecule has 2 aromatic rings. The number of aliphatic carboxylic acids is 1. The third-order valence-electron chi connectivity index (χ3n) is 5.09. The molecule has 0 saturated heterocycles. The molecule has 2 unspecified atom stereocenters. The lowest BCUT2D eigenvalue weighted by Gasteiger charge is -2.14. The number of nitrogens with zero attached hydrogens (tertiary/aromatic N) is 2. The molecule has 0 radical (unpaired) electrons. The van der Waals surface area contributed by atoms with E-state index in [9.17, 15) is 13.6 Å². The second kappa shape index (κ2) is 7.22. The normalized spacial score (nSPS) is 20.8. The second-order valence-corrected chi connectivity index (χ2v) is 7.20. The predicted molar refractivity (Wildman–Crippen MR) is 98.8 cm³/mol. The van der Waals surface area contributed by atoms with Crippen molar-refractivity contribution < 1.29 is 23.4 Å². The Hall–Kier alpha value is -2.96. The molecule has 1 aromatic carbocycles. The largest absolute Gasteiger partial charge is 0.481 e. The number of hydrogen-bond acceptors (Lipinski definition) is 3. The zero-order chi connectivity index (χ0) is 19.8. The van der Waals surface area contributed by atoms with Gasteiger partial charge in [-0.15, -0.1) is 0 Å². The van der Waals surface area contributed by atoms with Crippen LogP contribution in [0.5, 0.6) is 5.75 Å². The summed E-state index contributed by atoms with van der Waals surface area (Å²) < 4.78 is 36.1. The van der Waals surface area contributed by atoms with E-state index in [4.69, 9.17) is 9.84 Å². The average Bonchev–Trinajstić information content (AvgIpc) is 3.39. The first-order valence-electron chi connectivity index (χ1n) is 9.20. The van der Waals surface area contributed by atoms with Crippen molar-refractivity contribution in [2.45, 2.75) is 38.7 Å². The van der Waals surface area contributed by atoms with Crippen LogP contribution in [0, 0.1) is 24.5 Å². The quantitative estimate of drug-likeness (QED) is 0.798. The van der Waals surface area contributed by atoms with E-state index in [2.05, 4.69) is 11.2 Å². The molecule has 1 heterocycles. The number of carbonyl (C=O) groups is 1. The molecule has 4 rings (SSSR count). The van der Waals surface area contributed by atoms with Gasteiger partial charge in [0.2, 0.25) is 0 Å². The highest BCUT2D eigenvalue weighted by atomic mass is 19.1. The van der Waals surface area contributed by atoms with Crippen LogP contribution in [0.4, 0.5) is 8.78 Å². The van der Waals surface area contributed by atoms with Crippen LogP contribution in [-0.2, 0) is 11.4 Å². The van der Waals surface area contributed by atoms with Gasteiger partial charge < -0.3 is 9.84 Å². The molecule has 1 saturated carbocycles. The summed E-state index contributed by atoms with van der Waals surface area (Å²) in [7, 11) is 0. The summed E-state index contributed by atoms with van der Waals surface area (Å²) in [5.41, 5.74) is 2.85. The van der Waals surface area contributed by atoms with Crippen molar-refractivity contribution in [2.24, 2.45) is 5.92 Å². The highest BCUT2D eigenvalue weighted by Crippen LogP contribution is 2.48. The van der Waals surface area contributed by atoms with Crippen molar-refractivity contribution >= 4 is 11.7 Å². The van der Waals surface area contributed by atoms with E-state index in [1.165, 1.54) is 12.1 Å². The van der Waals surface area contributed by atoms with Gasteiger partial charge >= 0.3 is 5.97 Å². The van der Waals surface area contributed by atoms with Crippen LogP contribution < -0.4 is 4.74 Å². The zero-order valence-electron chi connectivity index (χ0n) is 15.4. The fourth-order valence-corrected chi connectivity index (χ4v) is 3.58. The minimum Gasteiger partial charge on any atom is -0.481 e. The molecule has 2 atom stereocenters. The van der Waals surface area contributed by atoms with Gasteiger partial charge in [-0.1, -0.05) is 12.2 Å². The summed E-state index contributed by atoms with van der Waals surface area (Å²) in [5, 5.41) is 13.4. The van der Waals surface area contributed by atoms with Gasteiger partial charge in [0, 0.05) is 5.70 Å². The maximum atomic E-state index is 14.4. The van der Waals surface area contributed by atoms with Gasteiger partial charge in [-0.2, -0.15) is 5.10 Å². The molecular weight excluding hydrogens is 366 g/mol. The van der Waals surface area contributed by atoms with Gasteiger partial charge in [-0.25, -0.2) is 13.5 Å². The minimum atomic E-state index is -0.943. The van der Waals surface area contributed by atoms with Gasteiger partial charge in [0.15, 0.2) is 17.4 Å².